The molecule has 0 aliphatic carbocycles. The largest absolute Gasteiger partial charge is 0.322 e. The van der Waals surface area contributed by atoms with E-state index < -0.39 is 27.3 Å². The molecule has 0 aliphatic heterocycles. The van der Waals surface area contributed by atoms with Crippen molar-refractivity contribution in [3.8, 4) is 11.3 Å². The molecule has 1 heterocycles. The Morgan fingerprint density at radius 2 is 1.55 bits per heavy atom. The summed E-state index contributed by atoms with van der Waals surface area (Å²) >= 11 is 0. The maximum atomic E-state index is 13.3. The molecule has 0 fully saturated rings. The fourth-order valence-electron chi connectivity index (χ4n) is 3.12. The molecule has 4 aromatic rings. The van der Waals surface area contributed by atoms with E-state index in [-0.39, 0.29) is 16.1 Å². The molecule has 0 atom stereocenters. The molecule has 3 N–H and O–H groups in total. The van der Waals surface area contributed by atoms with Crippen molar-refractivity contribution in [1.29, 1.82) is 0 Å². The van der Waals surface area contributed by atoms with E-state index >= 15 is 0 Å². The predicted molar refractivity (Wildman–Crippen MR) is 124 cm³/mol. The number of hydrogen-bond donors (Lipinski definition) is 3. The standard InChI is InChI=1S/C24H18FN3O4S/c25-17-7-4-8-19(15-17)28-33(31,32)20-11-9-18(10-12-20)26-23(29)21-13-14-22(27-24(21)30)16-5-2-1-3-6-16/h1-15,28H,(H,26,29)(H,27,30). The van der Waals surface area contributed by atoms with Gasteiger partial charge in [-0.1, -0.05) is 36.4 Å². The van der Waals surface area contributed by atoms with Gasteiger partial charge < -0.3 is 10.3 Å². The SMILES string of the molecule is O=C(Nc1ccc(S(=O)(=O)Nc2cccc(F)c2)cc1)c1ccc(-c2ccccc2)[nH]c1=O. The highest BCUT2D eigenvalue weighted by Gasteiger charge is 2.16. The van der Waals surface area contributed by atoms with Crippen molar-refractivity contribution in [3.05, 3.63) is 113 Å². The number of H-pyrrole nitrogens is 1. The number of halogens is 1. The third-order valence-electron chi connectivity index (χ3n) is 4.74. The topological polar surface area (TPSA) is 108 Å². The van der Waals surface area contributed by atoms with E-state index in [1.807, 2.05) is 30.3 Å². The monoisotopic (exact) mass is 463 g/mol. The van der Waals surface area contributed by atoms with Crippen LogP contribution in [0.15, 0.2) is 101 Å². The molecule has 7 nitrogen and oxygen atoms in total. The van der Waals surface area contributed by atoms with Crippen molar-refractivity contribution in [2.45, 2.75) is 4.90 Å². The van der Waals surface area contributed by atoms with Gasteiger partial charge in [0, 0.05) is 11.4 Å². The molecule has 0 saturated heterocycles. The lowest BCUT2D eigenvalue weighted by Crippen LogP contribution is -2.23. The Labute approximate surface area is 189 Å². The molecule has 9 heteroatoms. The summed E-state index contributed by atoms with van der Waals surface area (Å²) in [6.07, 6.45) is 0. The van der Waals surface area contributed by atoms with Crippen molar-refractivity contribution in [1.82, 2.24) is 4.98 Å². The number of sulfonamides is 1. The van der Waals surface area contributed by atoms with Crippen LogP contribution >= 0.6 is 0 Å². The Bertz CT molecular complexity index is 1470. The van der Waals surface area contributed by atoms with Gasteiger partial charge in [0.25, 0.3) is 21.5 Å². The van der Waals surface area contributed by atoms with Crippen LogP contribution in [0.2, 0.25) is 0 Å². The second kappa shape index (κ2) is 9.09. The predicted octanol–water partition coefficient (Wildman–Crippen LogP) is 4.23. The highest BCUT2D eigenvalue weighted by atomic mass is 32.2. The number of carbonyl (C=O) groups excluding carboxylic acids is 1. The molecular formula is C24H18FN3O4S. The van der Waals surface area contributed by atoms with Crippen LogP contribution in [-0.2, 0) is 10.0 Å². The summed E-state index contributed by atoms with van der Waals surface area (Å²) in [6, 6.07) is 22.7. The number of pyridine rings is 1. The van der Waals surface area contributed by atoms with Gasteiger partial charge in [0.15, 0.2) is 0 Å². The number of rotatable bonds is 6. The quantitative estimate of drug-likeness (QED) is 0.398. The number of nitrogens with one attached hydrogen (secondary N) is 3. The van der Waals surface area contributed by atoms with Crippen molar-refractivity contribution >= 4 is 27.3 Å². The summed E-state index contributed by atoms with van der Waals surface area (Å²) in [5, 5.41) is 2.57. The lowest BCUT2D eigenvalue weighted by atomic mass is 10.1. The summed E-state index contributed by atoms with van der Waals surface area (Å²) in [6.45, 7) is 0. The van der Waals surface area contributed by atoms with Crippen LogP contribution in [0.5, 0.6) is 0 Å². The number of hydrogen-bond acceptors (Lipinski definition) is 4. The fourth-order valence-corrected chi connectivity index (χ4v) is 4.17. The molecule has 1 aromatic heterocycles. The van der Waals surface area contributed by atoms with Gasteiger partial charge in [-0.2, -0.15) is 0 Å². The smallest absolute Gasteiger partial charge is 0.261 e. The lowest BCUT2D eigenvalue weighted by Gasteiger charge is -2.10. The summed E-state index contributed by atoms with van der Waals surface area (Å²) < 4.78 is 40.6. The fraction of sp³-hybridized carbons (Fsp3) is 0. The van der Waals surface area contributed by atoms with Crippen molar-refractivity contribution in [2.24, 2.45) is 0 Å². The van der Waals surface area contributed by atoms with Gasteiger partial charge in [0.1, 0.15) is 11.4 Å². The Morgan fingerprint density at radius 3 is 2.21 bits per heavy atom. The molecule has 0 saturated carbocycles. The van der Waals surface area contributed by atoms with Gasteiger partial charge >= 0.3 is 0 Å². The zero-order chi connectivity index (χ0) is 23.4. The van der Waals surface area contributed by atoms with Gasteiger partial charge in [0.05, 0.1) is 10.6 Å². The van der Waals surface area contributed by atoms with Gasteiger partial charge in [-0.15, -0.1) is 0 Å². The minimum atomic E-state index is -3.95. The number of amides is 1. The molecule has 0 spiro atoms. The number of anilines is 2. The summed E-state index contributed by atoms with van der Waals surface area (Å²) in [5.74, 6) is -1.20. The first-order valence-electron chi connectivity index (χ1n) is 9.80. The number of carbonyl (C=O) groups is 1. The van der Waals surface area contributed by atoms with E-state index in [2.05, 4.69) is 15.0 Å². The molecule has 1 amide bonds. The molecule has 3 aromatic carbocycles. The first kappa shape index (κ1) is 22.0. The highest BCUT2D eigenvalue weighted by molar-refractivity contribution is 7.92. The second-order valence-electron chi connectivity index (χ2n) is 7.08. The minimum absolute atomic E-state index is 0.0742. The first-order valence-corrected chi connectivity index (χ1v) is 11.3. The average molecular weight is 463 g/mol. The summed E-state index contributed by atoms with van der Waals surface area (Å²) in [7, 11) is -3.95. The Balaban J connectivity index is 1.48. The second-order valence-corrected chi connectivity index (χ2v) is 8.76. The molecule has 33 heavy (non-hydrogen) atoms. The highest BCUT2D eigenvalue weighted by Crippen LogP contribution is 2.19. The van der Waals surface area contributed by atoms with Crippen LogP contribution in [0, 0.1) is 5.82 Å². The van der Waals surface area contributed by atoms with Crippen molar-refractivity contribution in [3.63, 3.8) is 0 Å². The van der Waals surface area contributed by atoms with Crippen molar-refractivity contribution in [2.75, 3.05) is 10.0 Å². The number of aromatic nitrogens is 1. The Kier molecular flexibility index (Phi) is 6.05. The molecule has 166 valence electrons. The maximum Gasteiger partial charge on any atom is 0.261 e. The number of benzene rings is 3. The third kappa shape index (κ3) is 5.16. The molecule has 0 radical (unpaired) electrons. The van der Waals surface area contributed by atoms with Crippen LogP contribution in [0.25, 0.3) is 11.3 Å². The number of aromatic amines is 1. The van der Waals surface area contributed by atoms with Crippen LogP contribution in [0.4, 0.5) is 15.8 Å². The lowest BCUT2D eigenvalue weighted by molar-refractivity contribution is 0.102. The summed E-state index contributed by atoms with van der Waals surface area (Å²) in [4.78, 5) is 27.5. The maximum absolute atomic E-state index is 13.3. The van der Waals surface area contributed by atoms with Gasteiger partial charge in [-0.05, 0) is 60.2 Å². The Hall–Kier alpha value is -4.24. The van der Waals surface area contributed by atoms with Gasteiger partial charge in [-0.3, -0.25) is 14.3 Å². The van der Waals surface area contributed by atoms with E-state index in [4.69, 9.17) is 0 Å². The van der Waals surface area contributed by atoms with E-state index in [1.54, 1.807) is 6.07 Å². The van der Waals surface area contributed by atoms with E-state index in [0.29, 0.717) is 11.4 Å². The molecule has 0 bridgehead atoms. The average Bonchev–Trinajstić information content (AvgIpc) is 2.79. The zero-order valence-electron chi connectivity index (χ0n) is 17.1. The third-order valence-corrected chi connectivity index (χ3v) is 6.14. The van der Waals surface area contributed by atoms with Gasteiger partial charge in [0.2, 0.25) is 0 Å². The van der Waals surface area contributed by atoms with E-state index in [0.717, 1.165) is 11.6 Å². The summed E-state index contributed by atoms with van der Waals surface area (Å²) in [5.41, 5.74) is 1.15. The van der Waals surface area contributed by atoms with Crippen LogP contribution < -0.4 is 15.6 Å². The van der Waals surface area contributed by atoms with Crippen molar-refractivity contribution < 1.29 is 17.6 Å². The molecule has 4 rings (SSSR count). The molecular weight excluding hydrogens is 445 g/mol. The Morgan fingerprint density at radius 1 is 0.818 bits per heavy atom. The normalized spacial score (nSPS) is 11.1. The van der Waals surface area contributed by atoms with E-state index in [9.17, 15) is 22.4 Å². The van der Waals surface area contributed by atoms with Crippen LogP contribution in [0.1, 0.15) is 10.4 Å². The van der Waals surface area contributed by atoms with Gasteiger partial charge in [-0.25, -0.2) is 12.8 Å². The van der Waals surface area contributed by atoms with Crippen LogP contribution in [-0.4, -0.2) is 19.3 Å². The zero-order valence-corrected chi connectivity index (χ0v) is 17.9. The molecule has 0 unspecified atom stereocenters. The minimum Gasteiger partial charge on any atom is -0.322 e. The van der Waals surface area contributed by atoms with E-state index in [1.165, 1.54) is 48.5 Å². The first-order chi connectivity index (χ1) is 15.8. The van der Waals surface area contributed by atoms with Crippen LogP contribution in [0.3, 0.4) is 0 Å². The molecule has 0 aliphatic rings.